The first kappa shape index (κ1) is 15.9. The van der Waals surface area contributed by atoms with Gasteiger partial charge >= 0.3 is 0 Å². The number of carbonyl (C=O) groups is 1. The summed E-state index contributed by atoms with van der Waals surface area (Å²) in [6.45, 7) is 5.29. The Bertz CT molecular complexity index is 521. The topological polar surface area (TPSA) is 67.6 Å². The van der Waals surface area contributed by atoms with E-state index in [2.05, 4.69) is 10.2 Å². The average Bonchev–Trinajstić information content (AvgIpc) is 2.45. The highest BCUT2D eigenvalue weighted by atomic mass is 32.1. The van der Waals surface area contributed by atoms with Crippen LogP contribution in [0.5, 0.6) is 0 Å². The smallest absolute Gasteiger partial charge is 0.225 e. The molecule has 1 heterocycles. The number of rotatable bonds is 5. The number of benzene rings is 1. The number of hydrogen-bond acceptors (Lipinski definition) is 4. The van der Waals surface area contributed by atoms with Crippen LogP contribution in [-0.2, 0) is 9.53 Å². The molecule has 1 aromatic carbocycles. The van der Waals surface area contributed by atoms with Crippen molar-refractivity contribution in [3.05, 3.63) is 29.8 Å². The molecule has 0 aromatic heterocycles. The van der Waals surface area contributed by atoms with Crippen molar-refractivity contribution >= 4 is 28.8 Å². The molecule has 1 aliphatic heterocycles. The Morgan fingerprint density at radius 1 is 1.57 bits per heavy atom. The van der Waals surface area contributed by atoms with Crippen LogP contribution in [0.15, 0.2) is 24.3 Å². The number of thiocarbonyl (C=S) groups is 1. The predicted molar refractivity (Wildman–Crippen MR) is 87.4 cm³/mol. The Labute approximate surface area is 130 Å². The first-order valence-corrected chi connectivity index (χ1v) is 7.49. The van der Waals surface area contributed by atoms with Gasteiger partial charge in [0.25, 0.3) is 0 Å². The quantitative estimate of drug-likeness (QED) is 0.804. The van der Waals surface area contributed by atoms with E-state index < -0.39 is 0 Å². The lowest BCUT2D eigenvalue weighted by Crippen LogP contribution is -2.42. The summed E-state index contributed by atoms with van der Waals surface area (Å²) in [7, 11) is 0. The maximum atomic E-state index is 12.0. The van der Waals surface area contributed by atoms with Crippen molar-refractivity contribution in [1.29, 1.82) is 0 Å². The molecule has 1 saturated heterocycles. The Morgan fingerprint density at radius 2 is 2.38 bits per heavy atom. The molecule has 3 N–H and O–H groups in total. The van der Waals surface area contributed by atoms with Gasteiger partial charge in [-0.1, -0.05) is 24.4 Å². The van der Waals surface area contributed by atoms with Gasteiger partial charge in [-0.3, -0.25) is 9.69 Å². The second kappa shape index (κ2) is 7.49. The molecule has 1 aliphatic rings. The van der Waals surface area contributed by atoms with Gasteiger partial charge in [0.15, 0.2) is 0 Å². The first-order chi connectivity index (χ1) is 10.0. The number of nitrogens with zero attached hydrogens (tertiary/aromatic N) is 1. The van der Waals surface area contributed by atoms with Crippen molar-refractivity contribution in [3.63, 3.8) is 0 Å². The minimum Gasteiger partial charge on any atom is -0.389 e. The number of hydrogen-bond donors (Lipinski definition) is 2. The summed E-state index contributed by atoms with van der Waals surface area (Å²) < 4.78 is 5.48. The molecular formula is C15H21N3O2S. The zero-order valence-electron chi connectivity index (χ0n) is 12.2. The normalized spacial score (nSPS) is 19.2. The Kier molecular flexibility index (Phi) is 5.67. The van der Waals surface area contributed by atoms with Gasteiger partial charge in [0.2, 0.25) is 5.91 Å². The number of nitrogens with one attached hydrogen (secondary N) is 1. The fraction of sp³-hybridized carbons (Fsp3) is 0.467. The van der Waals surface area contributed by atoms with E-state index in [1.165, 1.54) is 0 Å². The maximum Gasteiger partial charge on any atom is 0.225 e. The average molecular weight is 307 g/mol. The Balaban J connectivity index is 1.81. The van der Waals surface area contributed by atoms with E-state index in [1.54, 1.807) is 6.07 Å². The van der Waals surface area contributed by atoms with Crippen LogP contribution < -0.4 is 11.1 Å². The second-order valence-corrected chi connectivity index (χ2v) is 5.67. The SMILES string of the molecule is CC1CN(CCC(=O)Nc2cccc(C(N)=S)c2)CCO1. The molecule has 6 heteroatoms. The minimum atomic E-state index is -0.00534. The summed E-state index contributed by atoms with van der Waals surface area (Å²) in [6.07, 6.45) is 0.702. The Morgan fingerprint density at radius 3 is 3.10 bits per heavy atom. The third-order valence-corrected chi connectivity index (χ3v) is 3.65. The van der Waals surface area contributed by atoms with Crippen molar-refractivity contribution in [1.82, 2.24) is 4.90 Å². The molecule has 2 rings (SSSR count). The maximum absolute atomic E-state index is 12.0. The zero-order chi connectivity index (χ0) is 15.2. The standard InChI is InChI=1S/C15H21N3O2S/c1-11-10-18(7-8-20-11)6-5-14(19)17-13-4-2-3-12(9-13)15(16)21/h2-4,9,11H,5-8,10H2,1H3,(H2,16,21)(H,17,19). The molecule has 0 radical (unpaired) electrons. The Hall–Kier alpha value is -1.50. The number of ether oxygens (including phenoxy) is 1. The lowest BCUT2D eigenvalue weighted by molar-refractivity contribution is -0.117. The van der Waals surface area contributed by atoms with Gasteiger partial charge in [-0.25, -0.2) is 0 Å². The van der Waals surface area contributed by atoms with E-state index in [-0.39, 0.29) is 12.0 Å². The molecule has 1 amide bonds. The molecule has 0 bridgehead atoms. The van der Waals surface area contributed by atoms with Crippen LogP contribution in [0.25, 0.3) is 0 Å². The first-order valence-electron chi connectivity index (χ1n) is 7.08. The molecule has 0 aliphatic carbocycles. The van der Waals surface area contributed by atoms with Crippen LogP contribution in [0.4, 0.5) is 5.69 Å². The van der Waals surface area contributed by atoms with Gasteiger partial charge < -0.3 is 15.8 Å². The number of nitrogens with two attached hydrogens (primary N) is 1. The highest BCUT2D eigenvalue weighted by Gasteiger charge is 2.17. The molecule has 21 heavy (non-hydrogen) atoms. The number of carbonyl (C=O) groups excluding carboxylic acids is 1. The largest absolute Gasteiger partial charge is 0.389 e. The highest BCUT2D eigenvalue weighted by molar-refractivity contribution is 7.80. The third kappa shape index (κ3) is 5.08. The molecule has 1 unspecified atom stereocenters. The van der Waals surface area contributed by atoms with Crippen LogP contribution in [-0.4, -0.2) is 48.1 Å². The number of anilines is 1. The molecule has 0 spiro atoms. The molecule has 0 saturated carbocycles. The molecule has 1 atom stereocenters. The predicted octanol–water partition coefficient (Wildman–Crippen LogP) is 1.37. The van der Waals surface area contributed by atoms with Gasteiger partial charge in [-0.15, -0.1) is 0 Å². The van der Waals surface area contributed by atoms with E-state index in [4.69, 9.17) is 22.7 Å². The molecule has 114 valence electrons. The van der Waals surface area contributed by atoms with E-state index in [9.17, 15) is 4.79 Å². The minimum absolute atomic E-state index is 0.00534. The van der Waals surface area contributed by atoms with Crippen molar-refractivity contribution in [2.24, 2.45) is 5.73 Å². The van der Waals surface area contributed by atoms with E-state index in [0.717, 1.165) is 37.5 Å². The van der Waals surface area contributed by atoms with E-state index in [0.29, 0.717) is 11.4 Å². The van der Waals surface area contributed by atoms with Gasteiger partial charge in [0.1, 0.15) is 4.99 Å². The summed E-state index contributed by atoms with van der Waals surface area (Å²) in [4.78, 5) is 14.6. The fourth-order valence-corrected chi connectivity index (χ4v) is 2.45. The van der Waals surface area contributed by atoms with Gasteiger partial charge in [0.05, 0.1) is 12.7 Å². The summed E-state index contributed by atoms with van der Waals surface area (Å²) in [6, 6.07) is 7.27. The molecule has 1 aromatic rings. The number of amides is 1. The molecular weight excluding hydrogens is 286 g/mol. The lowest BCUT2D eigenvalue weighted by atomic mass is 10.2. The van der Waals surface area contributed by atoms with Crippen LogP contribution >= 0.6 is 12.2 Å². The summed E-state index contributed by atoms with van der Waals surface area (Å²) in [5.41, 5.74) is 7.06. The van der Waals surface area contributed by atoms with Crippen LogP contribution in [0.1, 0.15) is 18.9 Å². The monoisotopic (exact) mass is 307 g/mol. The van der Waals surface area contributed by atoms with Crippen LogP contribution in [0.3, 0.4) is 0 Å². The molecule has 1 fully saturated rings. The highest BCUT2D eigenvalue weighted by Crippen LogP contribution is 2.11. The van der Waals surface area contributed by atoms with Gasteiger partial charge in [-0.2, -0.15) is 0 Å². The third-order valence-electron chi connectivity index (χ3n) is 3.41. The fourth-order valence-electron chi connectivity index (χ4n) is 2.33. The van der Waals surface area contributed by atoms with Gasteiger partial charge in [0, 0.05) is 37.3 Å². The summed E-state index contributed by atoms with van der Waals surface area (Å²) in [5, 5.41) is 2.88. The van der Waals surface area contributed by atoms with Gasteiger partial charge in [-0.05, 0) is 19.1 Å². The molecule has 5 nitrogen and oxygen atoms in total. The lowest BCUT2D eigenvalue weighted by Gasteiger charge is -2.30. The van der Waals surface area contributed by atoms with E-state index in [1.807, 2.05) is 25.1 Å². The van der Waals surface area contributed by atoms with Crippen molar-refractivity contribution in [2.75, 3.05) is 31.6 Å². The number of morpholine rings is 1. The second-order valence-electron chi connectivity index (χ2n) is 5.23. The van der Waals surface area contributed by atoms with Crippen molar-refractivity contribution < 1.29 is 9.53 Å². The van der Waals surface area contributed by atoms with E-state index >= 15 is 0 Å². The zero-order valence-corrected chi connectivity index (χ0v) is 13.0. The van der Waals surface area contributed by atoms with Crippen LogP contribution in [0.2, 0.25) is 0 Å². The van der Waals surface area contributed by atoms with Crippen molar-refractivity contribution in [3.8, 4) is 0 Å². The van der Waals surface area contributed by atoms with Crippen molar-refractivity contribution in [2.45, 2.75) is 19.4 Å². The van der Waals surface area contributed by atoms with Crippen LogP contribution in [0, 0.1) is 0 Å². The summed E-state index contributed by atoms with van der Waals surface area (Å²) >= 11 is 4.93. The summed E-state index contributed by atoms with van der Waals surface area (Å²) in [5.74, 6) is -0.00534.